The van der Waals surface area contributed by atoms with Crippen LogP contribution in [0.5, 0.6) is 0 Å². The van der Waals surface area contributed by atoms with E-state index >= 15 is 0 Å². The van der Waals surface area contributed by atoms with Gasteiger partial charge in [-0.2, -0.15) is 0 Å². The number of aliphatic hydroxyl groups excluding tert-OH is 2. The smallest absolute Gasteiger partial charge is 0.305 e. The fraction of sp³-hybridized carbons (Fsp3) is 0.910. The molecule has 0 aliphatic rings. The summed E-state index contributed by atoms with van der Waals surface area (Å²) in [6.45, 7) is 4.90. The fourth-order valence-corrected chi connectivity index (χ4v) is 10.4. The van der Waals surface area contributed by atoms with Crippen molar-refractivity contribution >= 4 is 11.9 Å². The predicted octanol–water partition coefficient (Wildman–Crippen LogP) is 21.0. The molecule has 0 aromatic carbocycles. The molecular weight excluding hydrogens is 899 g/mol. The minimum atomic E-state index is -0.839. The molecule has 0 aromatic heterocycles. The Hall–Kier alpha value is -1.66. The average Bonchev–Trinajstić information content (AvgIpc) is 3.39. The number of unbranched alkanes of at least 4 members (excludes halogenated alkanes) is 49. The predicted molar refractivity (Wildman–Crippen MR) is 320 cm³/mol. The molecule has 2 atom stereocenters. The van der Waals surface area contributed by atoms with E-state index in [2.05, 4.69) is 31.3 Å². The molecule has 6 heteroatoms. The molecule has 0 aliphatic carbocycles. The van der Waals surface area contributed by atoms with Crippen LogP contribution in [-0.4, -0.2) is 47.4 Å². The number of allylic oxidation sites excluding steroid dienone is 3. The van der Waals surface area contributed by atoms with Gasteiger partial charge in [0.05, 0.1) is 25.4 Å². The van der Waals surface area contributed by atoms with Gasteiger partial charge in [0.25, 0.3) is 0 Å². The van der Waals surface area contributed by atoms with Gasteiger partial charge in [-0.05, 0) is 57.8 Å². The van der Waals surface area contributed by atoms with Gasteiger partial charge in [-0.3, -0.25) is 9.59 Å². The monoisotopic (exact) mass is 1030 g/mol. The first kappa shape index (κ1) is 71.3. The number of nitrogens with one attached hydrogen (secondary N) is 1. The first-order chi connectivity index (χ1) is 36.0. The van der Waals surface area contributed by atoms with Crippen LogP contribution in [0.3, 0.4) is 0 Å². The van der Waals surface area contributed by atoms with Crippen molar-refractivity contribution in [1.29, 1.82) is 0 Å². The van der Waals surface area contributed by atoms with Crippen molar-refractivity contribution in [3.05, 3.63) is 24.3 Å². The lowest BCUT2D eigenvalue weighted by atomic mass is 10.0. The summed E-state index contributed by atoms with van der Waals surface area (Å²) < 4.78 is 5.50. The van der Waals surface area contributed by atoms with Crippen molar-refractivity contribution in [1.82, 2.24) is 5.32 Å². The summed E-state index contributed by atoms with van der Waals surface area (Å²) in [5.41, 5.74) is 0. The van der Waals surface area contributed by atoms with Gasteiger partial charge in [0.2, 0.25) is 5.91 Å². The molecule has 0 aromatic rings. The average molecular weight is 1030 g/mol. The molecule has 0 saturated heterocycles. The van der Waals surface area contributed by atoms with E-state index in [4.69, 9.17) is 4.74 Å². The highest BCUT2D eigenvalue weighted by atomic mass is 16.5. The largest absolute Gasteiger partial charge is 0.466 e. The zero-order chi connectivity index (χ0) is 52.9. The van der Waals surface area contributed by atoms with Crippen LogP contribution in [0.4, 0.5) is 0 Å². The lowest BCUT2D eigenvalue weighted by Gasteiger charge is -2.20. The highest BCUT2D eigenvalue weighted by Crippen LogP contribution is 2.18. The first-order valence-electron chi connectivity index (χ1n) is 33.1. The van der Waals surface area contributed by atoms with E-state index in [1.165, 1.54) is 295 Å². The van der Waals surface area contributed by atoms with Crippen molar-refractivity contribution in [3.8, 4) is 0 Å². The van der Waals surface area contributed by atoms with Crippen LogP contribution in [0.1, 0.15) is 367 Å². The first-order valence-corrected chi connectivity index (χ1v) is 33.1. The Kier molecular flexibility index (Phi) is 61.4. The molecule has 0 heterocycles. The number of hydrogen-bond acceptors (Lipinski definition) is 5. The summed E-state index contributed by atoms with van der Waals surface area (Å²) in [6.07, 6.45) is 78.3. The molecule has 2 unspecified atom stereocenters. The summed E-state index contributed by atoms with van der Waals surface area (Å²) in [5, 5.41) is 23.0. The summed E-state index contributed by atoms with van der Waals surface area (Å²) in [4.78, 5) is 24.5. The molecule has 0 bridgehead atoms. The van der Waals surface area contributed by atoms with E-state index < -0.39 is 12.1 Å². The van der Waals surface area contributed by atoms with Crippen LogP contribution in [-0.2, 0) is 14.3 Å². The molecule has 0 fully saturated rings. The lowest BCUT2D eigenvalue weighted by molar-refractivity contribution is -0.143. The molecule has 0 radical (unpaired) electrons. The molecule has 0 spiro atoms. The summed E-state index contributed by atoms with van der Waals surface area (Å²) in [7, 11) is 0. The topological polar surface area (TPSA) is 95.9 Å². The van der Waals surface area contributed by atoms with E-state index in [1.807, 2.05) is 6.08 Å². The van der Waals surface area contributed by atoms with Crippen LogP contribution in [0.25, 0.3) is 0 Å². The molecule has 432 valence electrons. The third-order valence-electron chi connectivity index (χ3n) is 15.5. The summed E-state index contributed by atoms with van der Waals surface area (Å²) in [6, 6.07) is -0.623. The number of carbonyl (C=O) groups is 2. The third kappa shape index (κ3) is 59.4. The maximum Gasteiger partial charge on any atom is 0.305 e. The molecule has 0 rings (SSSR count). The highest BCUT2D eigenvalue weighted by Gasteiger charge is 2.18. The van der Waals surface area contributed by atoms with Gasteiger partial charge < -0.3 is 20.3 Å². The summed E-state index contributed by atoms with van der Waals surface area (Å²) >= 11 is 0. The van der Waals surface area contributed by atoms with Crippen molar-refractivity contribution in [3.63, 3.8) is 0 Å². The van der Waals surface area contributed by atoms with Crippen LogP contribution in [0.15, 0.2) is 24.3 Å². The number of hydrogen-bond donors (Lipinski definition) is 3. The molecule has 3 N–H and O–H groups in total. The van der Waals surface area contributed by atoms with Gasteiger partial charge in [0.1, 0.15) is 0 Å². The fourth-order valence-electron chi connectivity index (χ4n) is 10.4. The molecular formula is C67H129NO5. The molecule has 73 heavy (non-hydrogen) atoms. The van der Waals surface area contributed by atoms with E-state index in [0.29, 0.717) is 19.4 Å². The standard InChI is InChI=1S/C67H129NO5/c1-3-5-7-9-11-13-15-16-17-31-35-38-41-45-49-53-57-61-67(72)73-62-58-54-50-46-42-39-36-33-30-28-26-24-22-20-18-19-21-23-25-27-29-32-34-37-40-44-48-52-56-60-66(71)68-64(63-69)65(70)59-55-51-47-43-14-12-10-8-6-4-2/h16-17,55,59,64-65,69-70H,3-15,18-54,56-58,60-63H2,1-2H3,(H,68,71)/b17-16-,59-55+. The van der Waals surface area contributed by atoms with Crippen LogP contribution in [0.2, 0.25) is 0 Å². The molecule has 1 amide bonds. The van der Waals surface area contributed by atoms with Gasteiger partial charge in [0.15, 0.2) is 0 Å². The Labute approximate surface area is 456 Å². The quantitative estimate of drug-likeness (QED) is 0.0320. The normalized spacial score (nSPS) is 12.7. The Bertz CT molecular complexity index is 1140. The van der Waals surface area contributed by atoms with E-state index in [1.54, 1.807) is 6.08 Å². The molecule has 0 saturated carbocycles. The van der Waals surface area contributed by atoms with Gasteiger partial charge in [-0.25, -0.2) is 0 Å². The van der Waals surface area contributed by atoms with Gasteiger partial charge in [0, 0.05) is 12.8 Å². The second-order valence-electron chi connectivity index (χ2n) is 22.8. The Balaban J connectivity index is 3.31. The second kappa shape index (κ2) is 62.9. The van der Waals surface area contributed by atoms with Crippen LogP contribution in [0, 0.1) is 0 Å². The number of esters is 1. The number of amides is 1. The van der Waals surface area contributed by atoms with Crippen molar-refractivity contribution < 1.29 is 24.5 Å². The minimum absolute atomic E-state index is 0.0161. The Morgan fingerprint density at radius 1 is 0.370 bits per heavy atom. The van der Waals surface area contributed by atoms with Gasteiger partial charge in [-0.15, -0.1) is 0 Å². The third-order valence-corrected chi connectivity index (χ3v) is 15.5. The van der Waals surface area contributed by atoms with Gasteiger partial charge in [-0.1, -0.05) is 321 Å². The zero-order valence-corrected chi connectivity index (χ0v) is 49.4. The van der Waals surface area contributed by atoms with Gasteiger partial charge >= 0.3 is 5.97 Å². The number of carbonyl (C=O) groups excluding carboxylic acids is 2. The van der Waals surface area contributed by atoms with Crippen molar-refractivity contribution in [2.75, 3.05) is 13.2 Å². The molecule has 6 nitrogen and oxygen atoms in total. The van der Waals surface area contributed by atoms with Crippen LogP contribution >= 0.6 is 0 Å². The number of ether oxygens (including phenoxy) is 1. The Morgan fingerprint density at radius 3 is 0.973 bits per heavy atom. The zero-order valence-electron chi connectivity index (χ0n) is 49.4. The van der Waals surface area contributed by atoms with E-state index in [-0.39, 0.29) is 18.5 Å². The molecule has 0 aliphatic heterocycles. The lowest BCUT2D eigenvalue weighted by Crippen LogP contribution is -2.45. The Morgan fingerprint density at radius 2 is 0.644 bits per heavy atom. The van der Waals surface area contributed by atoms with E-state index in [0.717, 1.165) is 44.9 Å². The number of aliphatic hydroxyl groups is 2. The SMILES string of the molecule is CCCCCCCC/C=C\CCCCCCCCCC(=O)OCCCCCCCCCCCCCCCCCCCCCCCCCCCCCCCC(=O)NC(CO)C(O)/C=C/CCCCCCCCCC. The maximum atomic E-state index is 12.4. The van der Waals surface area contributed by atoms with Crippen molar-refractivity contribution in [2.24, 2.45) is 0 Å². The minimum Gasteiger partial charge on any atom is -0.466 e. The van der Waals surface area contributed by atoms with Crippen molar-refractivity contribution in [2.45, 2.75) is 379 Å². The number of rotatable bonds is 62. The van der Waals surface area contributed by atoms with Crippen LogP contribution < -0.4 is 5.32 Å². The maximum absolute atomic E-state index is 12.4. The summed E-state index contributed by atoms with van der Waals surface area (Å²) in [5.74, 6) is -0.0489. The second-order valence-corrected chi connectivity index (χ2v) is 22.8. The highest BCUT2D eigenvalue weighted by molar-refractivity contribution is 5.76. The van der Waals surface area contributed by atoms with E-state index in [9.17, 15) is 19.8 Å².